The van der Waals surface area contributed by atoms with Gasteiger partial charge in [0, 0.05) is 18.2 Å². The molecule has 0 amide bonds. The summed E-state index contributed by atoms with van der Waals surface area (Å²) in [5, 5.41) is 8.67. The van der Waals surface area contributed by atoms with Crippen LogP contribution in [0, 0.1) is 5.82 Å². The van der Waals surface area contributed by atoms with Crippen molar-refractivity contribution < 1.29 is 32.3 Å². The van der Waals surface area contributed by atoms with Gasteiger partial charge in [0.1, 0.15) is 12.2 Å². The van der Waals surface area contributed by atoms with Gasteiger partial charge < -0.3 is 5.11 Å². The first-order valence-corrected chi connectivity index (χ1v) is 11.7. The van der Waals surface area contributed by atoms with Gasteiger partial charge in [0.15, 0.2) is 11.6 Å². The number of hydrogen-bond acceptors (Lipinski definition) is 7. The summed E-state index contributed by atoms with van der Waals surface area (Å²) in [6.07, 6.45) is 2.18. The average Bonchev–Trinajstić information content (AvgIpc) is 2.70. The first kappa shape index (κ1) is 25.8. The Labute approximate surface area is 191 Å². The maximum atomic E-state index is 13.5. The summed E-state index contributed by atoms with van der Waals surface area (Å²) in [6, 6.07) is 5.36. The standard InChI is InChI=1S/C22H24FN3O6S/c1-13(2)20-18(10-9-16(27)11-17(28)12-19(29)30)21(14-5-7-15(23)8-6-14)25-22(24-20)26(3)33(4,31)32/h5-10,13H,11-12H2,1-4H3,(H,29,30)/b10-9+. The van der Waals surface area contributed by atoms with E-state index in [0.717, 1.165) is 16.6 Å². The minimum Gasteiger partial charge on any atom is -0.481 e. The molecule has 1 aromatic carbocycles. The lowest BCUT2D eigenvalue weighted by molar-refractivity contribution is -0.140. The van der Waals surface area contributed by atoms with E-state index in [2.05, 4.69) is 9.97 Å². The van der Waals surface area contributed by atoms with Crippen LogP contribution in [0.1, 0.15) is 43.9 Å². The third kappa shape index (κ3) is 7.01. The Balaban J connectivity index is 2.64. The predicted octanol–water partition coefficient (Wildman–Crippen LogP) is 2.82. The Morgan fingerprint density at radius 1 is 1.12 bits per heavy atom. The van der Waals surface area contributed by atoms with Crippen molar-refractivity contribution in [3.63, 3.8) is 0 Å². The van der Waals surface area contributed by atoms with E-state index < -0.39 is 46.2 Å². The van der Waals surface area contributed by atoms with Crippen molar-refractivity contribution >= 4 is 39.6 Å². The Morgan fingerprint density at radius 3 is 2.24 bits per heavy atom. The predicted molar refractivity (Wildman–Crippen MR) is 121 cm³/mol. The number of aliphatic carboxylic acids is 1. The van der Waals surface area contributed by atoms with E-state index in [9.17, 15) is 27.2 Å². The number of carboxylic acid groups (broad SMARTS) is 1. The van der Waals surface area contributed by atoms with Crippen LogP contribution >= 0.6 is 0 Å². The summed E-state index contributed by atoms with van der Waals surface area (Å²) in [6.45, 7) is 3.63. The minimum atomic E-state index is -3.68. The van der Waals surface area contributed by atoms with Gasteiger partial charge in [0.2, 0.25) is 16.0 Å². The number of carbonyl (C=O) groups excluding carboxylic acids is 2. The molecule has 0 spiro atoms. The van der Waals surface area contributed by atoms with Crippen LogP contribution < -0.4 is 4.31 Å². The number of Topliss-reactive ketones (excluding diaryl/α,β-unsaturated/α-hetero) is 1. The highest BCUT2D eigenvalue weighted by Crippen LogP contribution is 2.31. The number of ketones is 2. The second-order valence-electron chi connectivity index (χ2n) is 7.65. The lowest BCUT2D eigenvalue weighted by Crippen LogP contribution is -2.27. The highest BCUT2D eigenvalue weighted by molar-refractivity contribution is 7.92. The van der Waals surface area contributed by atoms with Gasteiger partial charge in [0.05, 0.1) is 24.1 Å². The monoisotopic (exact) mass is 477 g/mol. The zero-order chi connectivity index (χ0) is 24.9. The maximum Gasteiger partial charge on any atom is 0.310 e. The average molecular weight is 478 g/mol. The molecule has 1 aromatic heterocycles. The summed E-state index contributed by atoms with van der Waals surface area (Å²) in [7, 11) is -2.37. The molecule has 33 heavy (non-hydrogen) atoms. The van der Waals surface area contributed by atoms with Gasteiger partial charge in [-0.2, -0.15) is 0 Å². The van der Waals surface area contributed by atoms with Gasteiger partial charge in [-0.1, -0.05) is 13.8 Å². The molecule has 0 aliphatic rings. The molecule has 0 fully saturated rings. The summed E-state index contributed by atoms with van der Waals surface area (Å²) in [4.78, 5) is 43.2. The quantitative estimate of drug-likeness (QED) is 0.408. The Kier molecular flexibility index (Phi) is 8.15. The highest BCUT2D eigenvalue weighted by Gasteiger charge is 2.22. The molecule has 11 heteroatoms. The number of nitrogens with zero attached hydrogens (tertiary/aromatic N) is 3. The molecule has 2 aromatic rings. The lowest BCUT2D eigenvalue weighted by Gasteiger charge is -2.20. The van der Waals surface area contributed by atoms with Gasteiger partial charge in [-0.05, 0) is 42.3 Å². The molecular weight excluding hydrogens is 453 g/mol. The van der Waals surface area contributed by atoms with E-state index in [1.807, 2.05) is 13.8 Å². The van der Waals surface area contributed by atoms with Crippen molar-refractivity contribution in [2.45, 2.75) is 32.6 Å². The van der Waals surface area contributed by atoms with E-state index in [-0.39, 0.29) is 17.6 Å². The fourth-order valence-corrected chi connectivity index (χ4v) is 3.23. The highest BCUT2D eigenvalue weighted by atomic mass is 32.2. The Morgan fingerprint density at radius 2 is 1.73 bits per heavy atom. The largest absolute Gasteiger partial charge is 0.481 e. The van der Waals surface area contributed by atoms with Crippen molar-refractivity contribution in [1.29, 1.82) is 0 Å². The van der Waals surface area contributed by atoms with E-state index in [1.54, 1.807) is 0 Å². The summed E-state index contributed by atoms with van der Waals surface area (Å²) < 4.78 is 38.5. The van der Waals surface area contributed by atoms with Crippen LogP contribution in [0.2, 0.25) is 0 Å². The van der Waals surface area contributed by atoms with Crippen LogP contribution in [0.25, 0.3) is 17.3 Å². The minimum absolute atomic E-state index is 0.0966. The molecular formula is C22H24FN3O6S. The molecule has 2 rings (SSSR count). The number of hydrogen-bond donors (Lipinski definition) is 1. The number of benzene rings is 1. The van der Waals surface area contributed by atoms with Crippen LogP contribution in [-0.4, -0.2) is 54.3 Å². The second-order valence-corrected chi connectivity index (χ2v) is 9.66. The number of carbonyl (C=O) groups is 3. The summed E-state index contributed by atoms with van der Waals surface area (Å²) in [5.74, 6) is -3.46. The smallest absolute Gasteiger partial charge is 0.310 e. The van der Waals surface area contributed by atoms with Crippen molar-refractivity contribution in [3.8, 4) is 11.3 Å². The molecule has 0 bridgehead atoms. The first-order chi connectivity index (χ1) is 15.3. The van der Waals surface area contributed by atoms with E-state index in [4.69, 9.17) is 5.11 Å². The topological polar surface area (TPSA) is 135 Å². The number of aromatic nitrogens is 2. The molecule has 0 saturated carbocycles. The molecule has 9 nitrogen and oxygen atoms in total. The Bertz CT molecular complexity index is 1210. The number of rotatable bonds is 10. The maximum absolute atomic E-state index is 13.5. The van der Waals surface area contributed by atoms with Crippen LogP contribution in [0.4, 0.5) is 10.3 Å². The SMILES string of the molecule is CC(C)c1nc(N(C)S(C)(=O)=O)nc(-c2ccc(F)cc2)c1/C=C/C(=O)CC(=O)CC(=O)O. The third-order valence-electron chi connectivity index (χ3n) is 4.56. The van der Waals surface area contributed by atoms with E-state index in [1.165, 1.54) is 37.4 Å². The lowest BCUT2D eigenvalue weighted by atomic mass is 9.97. The molecule has 0 aliphatic carbocycles. The van der Waals surface area contributed by atoms with Crippen LogP contribution in [0.5, 0.6) is 0 Å². The Hall–Kier alpha value is -3.47. The molecule has 0 aliphatic heterocycles. The third-order valence-corrected chi connectivity index (χ3v) is 5.72. The number of sulfonamides is 1. The zero-order valence-corrected chi connectivity index (χ0v) is 19.4. The van der Waals surface area contributed by atoms with Gasteiger partial charge in [-0.25, -0.2) is 27.1 Å². The van der Waals surface area contributed by atoms with Crippen LogP contribution in [-0.2, 0) is 24.4 Å². The molecule has 0 saturated heterocycles. The number of anilines is 1. The molecule has 0 unspecified atom stereocenters. The van der Waals surface area contributed by atoms with E-state index >= 15 is 0 Å². The van der Waals surface area contributed by atoms with Crippen LogP contribution in [0.3, 0.4) is 0 Å². The van der Waals surface area contributed by atoms with Gasteiger partial charge >= 0.3 is 5.97 Å². The summed E-state index contributed by atoms with van der Waals surface area (Å²) in [5.41, 5.74) is 1.54. The second kappa shape index (κ2) is 10.4. The van der Waals surface area contributed by atoms with Crippen LogP contribution in [0.15, 0.2) is 30.3 Å². The number of allylic oxidation sites excluding steroid dienone is 1. The summed E-state index contributed by atoms with van der Waals surface area (Å²) >= 11 is 0. The number of carboxylic acids is 1. The normalized spacial score (nSPS) is 11.7. The van der Waals surface area contributed by atoms with Gasteiger partial charge in [0.25, 0.3) is 0 Å². The molecule has 1 N–H and O–H groups in total. The molecule has 1 heterocycles. The zero-order valence-electron chi connectivity index (χ0n) is 18.6. The number of halogens is 1. The van der Waals surface area contributed by atoms with Crippen molar-refractivity contribution in [2.24, 2.45) is 0 Å². The fourth-order valence-electron chi connectivity index (χ4n) is 2.86. The van der Waals surface area contributed by atoms with Crippen molar-refractivity contribution in [1.82, 2.24) is 9.97 Å². The van der Waals surface area contributed by atoms with Crippen molar-refractivity contribution in [3.05, 3.63) is 47.4 Å². The fraction of sp³-hybridized carbons (Fsp3) is 0.318. The molecule has 0 atom stereocenters. The molecule has 0 radical (unpaired) electrons. The van der Waals surface area contributed by atoms with Gasteiger partial charge in [-0.3, -0.25) is 14.4 Å². The van der Waals surface area contributed by atoms with Gasteiger partial charge in [-0.15, -0.1) is 0 Å². The van der Waals surface area contributed by atoms with Crippen molar-refractivity contribution in [2.75, 3.05) is 17.6 Å². The molecule has 176 valence electrons. The first-order valence-electron chi connectivity index (χ1n) is 9.85. The van der Waals surface area contributed by atoms with E-state index in [0.29, 0.717) is 16.8 Å².